The Balaban J connectivity index is 1.34. The van der Waals surface area contributed by atoms with Gasteiger partial charge < -0.3 is 29.2 Å². The molecule has 228 valence electrons. The Morgan fingerprint density at radius 3 is 2.55 bits per heavy atom. The lowest BCUT2D eigenvalue weighted by molar-refractivity contribution is 0.0559. The number of imidazole rings is 1. The Morgan fingerprint density at radius 2 is 1.84 bits per heavy atom. The third-order valence-electron chi connectivity index (χ3n) is 7.76. The van der Waals surface area contributed by atoms with Crippen molar-refractivity contribution in [2.75, 3.05) is 46.5 Å². The van der Waals surface area contributed by atoms with Gasteiger partial charge in [0.2, 0.25) is 0 Å². The molecule has 0 aliphatic carbocycles. The first kappa shape index (κ1) is 30.6. The Labute approximate surface area is 257 Å². The summed E-state index contributed by atoms with van der Waals surface area (Å²) < 4.78 is 17.2. The monoisotopic (exact) mass is 595 g/mol. The van der Waals surface area contributed by atoms with Crippen LogP contribution < -0.4 is 14.2 Å². The lowest BCUT2D eigenvalue weighted by atomic mass is 9.99. The van der Waals surface area contributed by atoms with Crippen LogP contribution in [0.4, 0.5) is 0 Å². The van der Waals surface area contributed by atoms with Crippen molar-refractivity contribution in [2.24, 2.45) is 0 Å². The number of aryl methyl sites for hydroxylation is 2. The number of para-hydroxylation sites is 1. The number of aliphatic hydroxyl groups is 1. The Kier molecular flexibility index (Phi) is 9.79. The lowest BCUT2D eigenvalue weighted by Crippen LogP contribution is -2.50. The molecular weight excluding hydrogens is 558 g/mol. The predicted molar refractivity (Wildman–Crippen MR) is 165 cm³/mol. The van der Waals surface area contributed by atoms with E-state index in [1.807, 2.05) is 55.3 Å². The molecule has 0 saturated carbocycles. The van der Waals surface area contributed by atoms with Gasteiger partial charge in [0.15, 0.2) is 0 Å². The molecule has 1 atom stereocenters. The van der Waals surface area contributed by atoms with Crippen molar-refractivity contribution in [2.45, 2.75) is 26.3 Å². The number of aliphatic hydroxyl groups excluding tert-OH is 1. The minimum Gasteiger partial charge on any atom is -0.496 e. The molecule has 3 aromatic carbocycles. The molecule has 1 unspecified atom stereocenters. The number of nitrogens with zero attached hydrogens (tertiary/aromatic N) is 4. The first-order chi connectivity index (χ1) is 21.4. The third-order valence-corrected chi connectivity index (χ3v) is 7.76. The Hall–Kier alpha value is -4.85. The lowest BCUT2D eigenvalue weighted by Gasteiger charge is -2.39. The maximum atomic E-state index is 13.4. The fourth-order valence-corrected chi connectivity index (χ4v) is 5.56. The van der Waals surface area contributed by atoms with Gasteiger partial charge in [0.05, 0.1) is 36.6 Å². The zero-order valence-electron chi connectivity index (χ0n) is 25.2. The molecule has 1 aliphatic rings. The number of aromatic amines is 1. The molecule has 2 N–H and O–H groups in total. The first-order valence-corrected chi connectivity index (χ1v) is 14.6. The summed E-state index contributed by atoms with van der Waals surface area (Å²) in [6.45, 7) is 6.49. The molecule has 1 aromatic heterocycles. The number of rotatable bonds is 11. The Bertz CT molecular complexity index is 1640. The summed E-state index contributed by atoms with van der Waals surface area (Å²) in [6.07, 6.45) is 2.51. The number of amides is 1. The number of nitriles is 1. The zero-order chi connectivity index (χ0) is 31.1. The average molecular weight is 596 g/mol. The summed E-state index contributed by atoms with van der Waals surface area (Å²) in [5, 5.41) is 18.9. The molecule has 1 saturated heterocycles. The maximum Gasteiger partial charge on any atom is 0.257 e. The van der Waals surface area contributed by atoms with Crippen LogP contribution in [0.2, 0.25) is 0 Å². The van der Waals surface area contributed by atoms with Crippen molar-refractivity contribution in [3.63, 3.8) is 0 Å². The van der Waals surface area contributed by atoms with Gasteiger partial charge in [0.1, 0.15) is 41.5 Å². The van der Waals surface area contributed by atoms with Crippen LogP contribution in [0.15, 0.2) is 66.9 Å². The van der Waals surface area contributed by atoms with Gasteiger partial charge in [-0.25, -0.2) is 4.98 Å². The molecule has 2 heterocycles. The smallest absolute Gasteiger partial charge is 0.257 e. The van der Waals surface area contributed by atoms with Gasteiger partial charge in [-0.1, -0.05) is 24.3 Å². The van der Waals surface area contributed by atoms with Crippen LogP contribution in [0.5, 0.6) is 23.0 Å². The maximum absolute atomic E-state index is 13.4. The number of nitrogens with one attached hydrogen (secondary N) is 1. The van der Waals surface area contributed by atoms with Crippen LogP contribution in [0.25, 0.3) is 0 Å². The highest BCUT2D eigenvalue weighted by atomic mass is 16.5. The fraction of sp³-hybridized carbons (Fsp3) is 0.324. The normalized spacial score (nSPS) is 14.1. The van der Waals surface area contributed by atoms with Crippen LogP contribution in [-0.2, 0) is 6.42 Å². The highest BCUT2D eigenvalue weighted by molar-refractivity contribution is 5.97. The quantitative estimate of drug-likeness (QED) is 0.253. The SMILES string of the molecule is COc1c(C)cccc1C(=O)N1CCN(C(Cc2ccc(C#N)c(Oc3cccc(OCCO)c3)c2)c2cnc(C)[nH]2)CC1. The number of carbonyl (C=O) groups is 1. The number of piperazine rings is 1. The topological polar surface area (TPSA) is 124 Å². The van der Waals surface area contributed by atoms with E-state index in [0.29, 0.717) is 66.7 Å². The number of methoxy groups -OCH3 is 1. The van der Waals surface area contributed by atoms with E-state index in [9.17, 15) is 10.1 Å². The summed E-state index contributed by atoms with van der Waals surface area (Å²) in [5.74, 6) is 2.97. The highest BCUT2D eigenvalue weighted by Gasteiger charge is 2.30. The number of carbonyl (C=O) groups excluding carboxylic acids is 1. The predicted octanol–water partition coefficient (Wildman–Crippen LogP) is 4.81. The van der Waals surface area contributed by atoms with E-state index < -0.39 is 0 Å². The van der Waals surface area contributed by atoms with Gasteiger partial charge in [-0.2, -0.15) is 5.26 Å². The molecule has 10 nitrogen and oxygen atoms in total. The Morgan fingerprint density at radius 1 is 1.07 bits per heavy atom. The van der Waals surface area contributed by atoms with E-state index in [-0.39, 0.29) is 25.2 Å². The third kappa shape index (κ3) is 7.02. The number of hydrogen-bond donors (Lipinski definition) is 2. The van der Waals surface area contributed by atoms with Crippen LogP contribution in [0, 0.1) is 25.2 Å². The number of H-pyrrole nitrogens is 1. The van der Waals surface area contributed by atoms with Crippen molar-refractivity contribution in [1.29, 1.82) is 5.26 Å². The molecule has 10 heteroatoms. The van der Waals surface area contributed by atoms with Gasteiger partial charge >= 0.3 is 0 Å². The molecule has 4 aromatic rings. The van der Waals surface area contributed by atoms with Gasteiger partial charge in [-0.3, -0.25) is 9.69 Å². The van der Waals surface area contributed by atoms with Gasteiger partial charge in [0, 0.05) is 38.4 Å². The summed E-state index contributed by atoms with van der Waals surface area (Å²) in [6, 6.07) is 20.6. The second-order valence-corrected chi connectivity index (χ2v) is 10.7. The van der Waals surface area contributed by atoms with Crippen molar-refractivity contribution in [3.8, 4) is 29.1 Å². The number of ether oxygens (including phenoxy) is 3. The summed E-state index contributed by atoms with van der Waals surface area (Å²) in [7, 11) is 1.60. The van der Waals surface area contributed by atoms with E-state index in [1.54, 1.807) is 37.4 Å². The van der Waals surface area contributed by atoms with E-state index in [1.165, 1.54) is 0 Å². The van der Waals surface area contributed by atoms with Crippen LogP contribution in [-0.4, -0.2) is 77.3 Å². The van der Waals surface area contributed by atoms with Gasteiger partial charge in [-0.05, 0) is 61.7 Å². The molecule has 5 rings (SSSR count). The number of benzene rings is 3. The van der Waals surface area contributed by atoms with Gasteiger partial charge in [-0.15, -0.1) is 0 Å². The van der Waals surface area contributed by atoms with Crippen molar-refractivity contribution in [3.05, 3.63) is 101 Å². The minimum absolute atomic E-state index is 0.0288. The molecule has 1 fully saturated rings. The van der Waals surface area contributed by atoms with Crippen LogP contribution in [0.1, 0.15) is 44.6 Å². The molecule has 44 heavy (non-hydrogen) atoms. The van der Waals surface area contributed by atoms with Crippen molar-refractivity contribution >= 4 is 5.91 Å². The van der Waals surface area contributed by atoms with Crippen molar-refractivity contribution < 1.29 is 24.1 Å². The molecule has 0 radical (unpaired) electrons. The average Bonchev–Trinajstić information content (AvgIpc) is 3.48. The fourth-order valence-electron chi connectivity index (χ4n) is 5.56. The highest BCUT2D eigenvalue weighted by Crippen LogP contribution is 2.32. The second kappa shape index (κ2) is 14.1. The van der Waals surface area contributed by atoms with Crippen LogP contribution >= 0.6 is 0 Å². The van der Waals surface area contributed by atoms with E-state index >= 15 is 0 Å². The molecule has 0 bridgehead atoms. The van der Waals surface area contributed by atoms with Crippen molar-refractivity contribution in [1.82, 2.24) is 19.8 Å². The van der Waals surface area contributed by atoms with Gasteiger partial charge in [0.25, 0.3) is 5.91 Å². The zero-order valence-corrected chi connectivity index (χ0v) is 25.2. The number of hydrogen-bond acceptors (Lipinski definition) is 8. The molecule has 0 spiro atoms. The molecule has 1 aliphatic heterocycles. The molecular formula is C34H37N5O5. The number of aromatic nitrogens is 2. The van der Waals surface area contributed by atoms with E-state index in [2.05, 4.69) is 20.9 Å². The van der Waals surface area contributed by atoms with E-state index in [4.69, 9.17) is 19.3 Å². The summed E-state index contributed by atoms with van der Waals surface area (Å²) >= 11 is 0. The largest absolute Gasteiger partial charge is 0.496 e. The first-order valence-electron chi connectivity index (χ1n) is 14.6. The summed E-state index contributed by atoms with van der Waals surface area (Å²) in [4.78, 5) is 25.6. The molecule has 1 amide bonds. The van der Waals surface area contributed by atoms with E-state index in [0.717, 1.165) is 22.6 Å². The second-order valence-electron chi connectivity index (χ2n) is 10.7. The van der Waals surface area contributed by atoms with Crippen LogP contribution in [0.3, 0.4) is 0 Å². The summed E-state index contributed by atoms with van der Waals surface area (Å²) in [5.41, 5.74) is 3.91. The standard InChI is InChI=1S/C34H37N5O5/c1-23-6-4-9-29(33(23)42-3)34(41)39-14-12-38(13-15-39)31(30-22-36-24(2)37-30)18-25-10-11-26(21-35)32(19-25)44-28-8-5-7-27(20-28)43-17-16-40/h4-11,19-20,22,31,40H,12-18H2,1-3H3,(H,36,37). The minimum atomic E-state index is -0.0877.